The zero-order valence-electron chi connectivity index (χ0n) is 18.0. The lowest BCUT2D eigenvalue weighted by Crippen LogP contribution is -2.49. The lowest BCUT2D eigenvalue weighted by Gasteiger charge is -2.41. The van der Waals surface area contributed by atoms with Gasteiger partial charge in [0.15, 0.2) is 0 Å². The second-order valence-corrected chi connectivity index (χ2v) is 9.14. The van der Waals surface area contributed by atoms with Crippen LogP contribution in [0.25, 0.3) is 0 Å². The average Bonchev–Trinajstić information content (AvgIpc) is 2.80. The molecule has 2 amide bonds. The first-order valence-electron chi connectivity index (χ1n) is 11.2. The van der Waals surface area contributed by atoms with Gasteiger partial charge >= 0.3 is 0 Å². The largest absolute Gasteiger partial charge is 0.339 e. The van der Waals surface area contributed by atoms with Crippen molar-refractivity contribution in [2.75, 3.05) is 31.5 Å². The monoisotopic (exact) mass is 439 g/mol. The molecule has 31 heavy (non-hydrogen) atoms. The Hall–Kier alpha value is -2.37. The van der Waals surface area contributed by atoms with E-state index in [2.05, 4.69) is 10.2 Å². The van der Waals surface area contributed by atoms with Crippen LogP contribution in [-0.4, -0.2) is 53.8 Å². The molecule has 0 radical (unpaired) electrons. The lowest BCUT2D eigenvalue weighted by molar-refractivity contribution is -0.121. The Morgan fingerprint density at radius 2 is 1.61 bits per heavy atom. The summed E-state index contributed by atoms with van der Waals surface area (Å²) in [6, 6.07) is 15.6. The van der Waals surface area contributed by atoms with Gasteiger partial charge in [-0.05, 0) is 76.0 Å². The molecule has 6 heteroatoms. The first kappa shape index (κ1) is 21.8. The summed E-state index contributed by atoms with van der Waals surface area (Å²) in [5.41, 5.74) is 2.72. The SMILES string of the molecule is Cc1ccc(NC(=O)C2CCN(C3CCN(C(=O)c4cccc(Cl)c4)CC3)CC2)cc1. The number of aryl methyl sites for hydroxylation is 1. The van der Waals surface area contributed by atoms with E-state index in [0.717, 1.165) is 57.5 Å². The topological polar surface area (TPSA) is 52.7 Å². The first-order chi connectivity index (χ1) is 15.0. The molecule has 2 aliphatic heterocycles. The third kappa shape index (κ3) is 5.46. The normalized spacial score (nSPS) is 18.7. The summed E-state index contributed by atoms with van der Waals surface area (Å²) in [7, 11) is 0. The van der Waals surface area contributed by atoms with Crippen LogP contribution in [-0.2, 0) is 4.79 Å². The molecule has 2 saturated heterocycles. The molecule has 0 unspecified atom stereocenters. The zero-order valence-corrected chi connectivity index (χ0v) is 18.8. The summed E-state index contributed by atoms with van der Waals surface area (Å²) in [6.45, 7) is 5.46. The van der Waals surface area contributed by atoms with E-state index in [-0.39, 0.29) is 17.7 Å². The molecule has 1 N–H and O–H groups in total. The van der Waals surface area contributed by atoms with E-state index in [9.17, 15) is 9.59 Å². The molecule has 5 nitrogen and oxygen atoms in total. The second-order valence-electron chi connectivity index (χ2n) is 8.70. The minimum absolute atomic E-state index is 0.0624. The number of nitrogens with one attached hydrogen (secondary N) is 1. The second kappa shape index (κ2) is 9.84. The lowest BCUT2D eigenvalue weighted by atomic mass is 9.92. The highest BCUT2D eigenvalue weighted by Gasteiger charge is 2.31. The summed E-state index contributed by atoms with van der Waals surface area (Å²) in [5.74, 6) is 0.264. The Morgan fingerprint density at radius 3 is 2.26 bits per heavy atom. The van der Waals surface area contributed by atoms with Gasteiger partial charge in [-0.25, -0.2) is 0 Å². The molecular weight excluding hydrogens is 410 g/mol. The Balaban J connectivity index is 1.23. The zero-order chi connectivity index (χ0) is 21.8. The van der Waals surface area contributed by atoms with Gasteiger partial charge in [-0.3, -0.25) is 9.59 Å². The molecule has 2 aromatic carbocycles. The number of piperidine rings is 2. The molecule has 0 aliphatic carbocycles. The molecule has 2 fully saturated rings. The van der Waals surface area contributed by atoms with Crippen molar-refractivity contribution in [2.45, 2.75) is 38.6 Å². The molecule has 4 rings (SSSR count). The number of halogens is 1. The van der Waals surface area contributed by atoms with Gasteiger partial charge in [0.05, 0.1) is 0 Å². The van der Waals surface area contributed by atoms with Crippen LogP contribution in [0.15, 0.2) is 48.5 Å². The third-order valence-electron chi connectivity index (χ3n) is 6.56. The minimum atomic E-state index is 0.0624. The number of rotatable bonds is 4. The molecule has 2 aromatic rings. The molecule has 2 aliphatic rings. The van der Waals surface area contributed by atoms with E-state index >= 15 is 0 Å². The standard InChI is InChI=1S/C25H30ClN3O2/c1-18-5-7-22(8-6-18)27-24(30)19-9-13-28(14-10-19)23-11-15-29(16-12-23)25(31)20-3-2-4-21(26)17-20/h2-8,17,19,23H,9-16H2,1H3,(H,27,30). The summed E-state index contributed by atoms with van der Waals surface area (Å²) >= 11 is 6.03. The van der Waals surface area contributed by atoms with E-state index < -0.39 is 0 Å². The minimum Gasteiger partial charge on any atom is -0.339 e. The number of carbonyl (C=O) groups excluding carboxylic acids is 2. The molecule has 0 spiro atoms. The van der Waals surface area contributed by atoms with Crippen molar-refractivity contribution in [2.24, 2.45) is 5.92 Å². The fraction of sp³-hybridized carbons (Fsp3) is 0.440. The maximum atomic E-state index is 12.7. The molecule has 0 atom stereocenters. The highest BCUT2D eigenvalue weighted by molar-refractivity contribution is 6.30. The highest BCUT2D eigenvalue weighted by Crippen LogP contribution is 2.26. The Bertz CT molecular complexity index is 915. The smallest absolute Gasteiger partial charge is 0.253 e. The number of hydrogen-bond acceptors (Lipinski definition) is 3. The van der Waals surface area contributed by atoms with Gasteiger partial charge in [0.2, 0.25) is 5.91 Å². The predicted molar refractivity (Wildman–Crippen MR) is 124 cm³/mol. The Kier molecular flexibility index (Phi) is 6.93. The van der Waals surface area contributed by atoms with E-state index in [4.69, 9.17) is 11.6 Å². The molecule has 2 heterocycles. The number of carbonyl (C=O) groups is 2. The Morgan fingerprint density at radius 1 is 0.935 bits per heavy atom. The maximum Gasteiger partial charge on any atom is 0.253 e. The molecular formula is C25H30ClN3O2. The van der Waals surface area contributed by atoms with Crippen molar-refractivity contribution in [1.29, 1.82) is 0 Å². The van der Waals surface area contributed by atoms with Crippen LogP contribution < -0.4 is 5.32 Å². The summed E-state index contributed by atoms with van der Waals surface area (Å²) in [5, 5.41) is 3.65. The highest BCUT2D eigenvalue weighted by atomic mass is 35.5. The van der Waals surface area contributed by atoms with E-state index in [1.165, 1.54) is 5.56 Å². The van der Waals surface area contributed by atoms with Gasteiger partial charge in [0.1, 0.15) is 0 Å². The van der Waals surface area contributed by atoms with E-state index in [1.54, 1.807) is 12.1 Å². The van der Waals surface area contributed by atoms with Crippen LogP contribution >= 0.6 is 11.6 Å². The van der Waals surface area contributed by atoms with Crippen LogP contribution in [0.3, 0.4) is 0 Å². The number of benzene rings is 2. The summed E-state index contributed by atoms with van der Waals surface area (Å²) in [4.78, 5) is 29.8. The van der Waals surface area contributed by atoms with Crippen LogP contribution in [0.2, 0.25) is 5.02 Å². The summed E-state index contributed by atoms with van der Waals surface area (Å²) < 4.78 is 0. The number of nitrogens with zero attached hydrogens (tertiary/aromatic N) is 2. The quantitative estimate of drug-likeness (QED) is 0.757. The summed E-state index contributed by atoms with van der Waals surface area (Å²) in [6.07, 6.45) is 3.73. The number of likely N-dealkylation sites (tertiary alicyclic amines) is 2. The van der Waals surface area contributed by atoms with Crippen molar-refractivity contribution in [3.63, 3.8) is 0 Å². The third-order valence-corrected chi connectivity index (χ3v) is 6.79. The van der Waals surface area contributed by atoms with Crippen LogP contribution in [0.1, 0.15) is 41.6 Å². The predicted octanol–water partition coefficient (Wildman–Crippen LogP) is 4.60. The van der Waals surface area contributed by atoms with Gasteiger partial charge < -0.3 is 15.1 Å². The van der Waals surface area contributed by atoms with Gasteiger partial charge in [0.25, 0.3) is 5.91 Å². The number of anilines is 1. The fourth-order valence-electron chi connectivity index (χ4n) is 4.65. The number of amides is 2. The van der Waals surface area contributed by atoms with Gasteiger partial charge in [0, 0.05) is 41.3 Å². The van der Waals surface area contributed by atoms with Crippen LogP contribution in [0.5, 0.6) is 0 Å². The van der Waals surface area contributed by atoms with Crippen LogP contribution in [0.4, 0.5) is 5.69 Å². The van der Waals surface area contributed by atoms with Crippen molar-refractivity contribution < 1.29 is 9.59 Å². The van der Waals surface area contributed by atoms with Crippen molar-refractivity contribution >= 4 is 29.1 Å². The van der Waals surface area contributed by atoms with Crippen LogP contribution in [0, 0.1) is 12.8 Å². The van der Waals surface area contributed by atoms with Crippen molar-refractivity contribution in [3.05, 3.63) is 64.7 Å². The van der Waals surface area contributed by atoms with Gasteiger partial charge in [-0.1, -0.05) is 35.4 Å². The molecule has 164 valence electrons. The average molecular weight is 440 g/mol. The number of hydrogen-bond donors (Lipinski definition) is 1. The van der Waals surface area contributed by atoms with Gasteiger partial charge in [-0.15, -0.1) is 0 Å². The van der Waals surface area contributed by atoms with E-state index in [0.29, 0.717) is 16.6 Å². The Labute approximate surface area is 189 Å². The van der Waals surface area contributed by atoms with Crippen molar-refractivity contribution in [1.82, 2.24) is 9.80 Å². The first-order valence-corrected chi connectivity index (χ1v) is 11.5. The van der Waals surface area contributed by atoms with E-state index in [1.807, 2.05) is 48.2 Å². The maximum absolute atomic E-state index is 12.7. The molecule has 0 aromatic heterocycles. The molecule has 0 saturated carbocycles. The van der Waals surface area contributed by atoms with Crippen molar-refractivity contribution in [3.8, 4) is 0 Å². The van der Waals surface area contributed by atoms with Gasteiger partial charge in [-0.2, -0.15) is 0 Å². The molecule has 0 bridgehead atoms. The fourth-order valence-corrected chi connectivity index (χ4v) is 4.84.